The maximum atomic E-state index is 12.0. The normalized spacial score (nSPS) is 18.5. The second-order valence-electron chi connectivity index (χ2n) is 6.11. The van der Waals surface area contributed by atoms with Crippen molar-refractivity contribution in [2.24, 2.45) is 5.92 Å². The van der Waals surface area contributed by atoms with Crippen LogP contribution >= 0.6 is 0 Å². The van der Waals surface area contributed by atoms with Crippen molar-refractivity contribution in [1.29, 1.82) is 0 Å². The van der Waals surface area contributed by atoms with Crippen molar-refractivity contribution in [3.8, 4) is 11.5 Å². The highest BCUT2D eigenvalue weighted by molar-refractivity contribution is 5.79. The van der Waals surface area contributed by atoms with Gasteiger partial charge in [0.25, 0.3) is 0 Å². The monoisotopic (exact) mass is 301 g/mol. The number of likely N-dealkylation sites (tertiary alicyclic amines) is 1. The molecule has 0 N–H and O–H groups in total. The SMILES string of the molecule is Cc1ccc(-c2noc([C@@H]3CC(=O)N(CC(C)C)C3)n2)nn1. The minimum Gasteiger partial charge on any atom is -0.342 e. The van der Waals surface area contributed by atoms with E-state index in [4.69, 9.17) is 4.52 Å². The Morgan fingerprint density at radius 2 is 2.18 bits per heavy atom. The van der Waals surface area contributed by atoms with Crippen molar-refractivity contribution < 1.29 is 9.32 Å². The number of aromatic nitrogens is 4. The maximum Gasteiger partial charge on any atom is 0.232 e. The zero-order chi connectivity index (χ0) is 15.7. The minimum absolute atomic E-state index is 0.0362. The maximum absolute atomic E-state index is 12.0. The average Bonchev–Trinajstić information content (AvgIpc) is 3.07. The zero-order valence-electron chi connectivity index (χ0n) is 13.0. The summed E-state index contributed by atoms with van der Waals surface area (Å²) < 4.78 is 5.33. The number of nitrogens with zero attached hydrogens (tertiary/aromatic N) is 5. The standard InChI is InChI=1S/C15H19N5O2/c1-9(2)7-20-8-11(6-13(20)21)15-16-14(19-22-15)12-5-4-10(3)17-18-12/h4-5,9,11H,6-8H2,1-3H3/t11-/m1/s1. The Bertz CT molecular complexity index is 665. The van der Waals surface area contributed by atoms with E-state index in [0.29, 0.717) is 36.3 Å². The van der Waals surface area contributed by atoms with Gasteiger partial charge in [0.05, 0.1) is 11.6 Å². The molecule has 116 valence electrons. The fraction of sp³-hybridized carbons (Fsp3) is 0.533. The molecular weight excluding hydrogens is 282 g/mol. The Morgan fingerprint density at radius 1 is 1.36 bits per heavy atom. The van der Waals surface area contributed by atoms with Gasteiger partial charge < -0.3 is 9.42 Å². The molecule has 3 rings (SSSR count). The van der Waals surface area contributed by atoms with Gasteiger partial charge in [-0.05, 0) is 25.0 Å². The molecule has 0 aliphatic carbocycles. The second-order valence-corrected chi connectivity index (χ2v) is 6.11. The molecule has 0 unspecified atom stereocenters. The van der Waals surface area contributed by atoms with Crippen LogP contribution < -0.4 is 0 Å². The van der Waals surface area contributed by atoms with Crippen molar-refractivity contribution >= 4 is 5.91 Å². The molecule has 1 saturated heterocycles. The number of rotatable bonds is 4. The molecule has 0 saturated carbocycles. The fourth-order valence-corrected chi connectivity index (χ4v) is 2.58. The predicted molar refractivity (Wildman–Crippen MR) is 78.8 cm³/mol. The Balaban J connectivity index is 1.74. The van der Waals surface area contributed by atoms with Gasteiger partial charge in [0.15, 0.2) is 0 Å². The lowest BCUT2D eigenvalue weighted by molar-refractivity contribution is -0.128. The van der Waals surface area contributed by atoms with Crippen LogP contribution in [-0.2, 0) is 4.79 Å². The summed E-state index contributed by atoms with van der Waals surface area (Å²) in [7, 11) is 0. The first-order valence-corrected chi connectivity index (χ1v) is 7.45. The van der Waals surface area contributed by atoms with Crippen LogP contribution in [0, 0.1) is 12.8 Å². The van der Waals surface area contributed by atoms with E-state index in [1.165, 1.54) is 0 Å². The molecule has 1 atom stereocenters. The van der Waals surface area contributed by atoms with E-state index < -0.39 is 0 Å². The third kappa shape index (κ3) is 2.98. The largest absolute Gasteiger partial charge is 0.342 e. The minimum atomic E-state index is -0.0362. The molecule has 1 amide bonds. The highest BCUT2D eigenvalue weighted by atomic mass is 16.5. The Kier molecular flexibility index (Phi) is 3.87. The highest BCUT2D eigenvalue weighted by Gasteiger charge is 2.34. The molecule has 1 aliphatic heterocycles. The van der Waals surface area contributed by atoms with Gasteiger partial charge >= 0.3 is 0 Å². The molecule has 0 aromatic carbocycles. The van der Waals surface area contributed by atoms with Gasteiger partial charge in [-0.3, -0.25) is 4.79 Å². The highest BCUT2D eigenvalue weighted by Crippen LogP contribution is 2.28. The Morgan fingerprint density at radius 3 is 2.86 bits per heavy atom. The van der Waals surface area contributed by atoms with Crippen molar-refractivity contribution in [3.05, 3.63) is 23.7 Å². The summed E-state index contributed by atoms with van der Waals surface area (Å²) in [5.74, 6) is 1.47. The smallest absolute Gasteiger partial charge is 0.232 e. The van der Waals surface area contributed by atoms with Crippen LogP contribution in [0.4, 0.5) is 0 Å². The molecular formula is C15H19N5O2. The van der Waals surface area contributed by atoms with Crippen LogP contribution in [0.2, 0.25) is 0 Å². The van der Waals surface area contributed by atoms with Crippen molar-refractivity contribution in [2.45, 2.75) is 33.1 Å². The predicted octanol–water partition coefficient (Wildman–Crippen LogP) is 1.81. The van der Waals surface area contributed by atoms with Gasteiger partial charge in [-0.25, -0.2) is 0 Å². The topological polar surface area (TPSA) is 85.0 Å². The lowest BCUT2D eigenvalue weighted by atomic mass is 10.1. The van der Waals surface area contributed by atoms with E-state index in [0.717, 1.165) is 12.2 Å². The van der Waals surface area contributed by atoms with Gasteiger partial charge in [0.2, 0.25) is 17.6 Å². The molecule has 7 heteroatoms. The van der Waals surface area contributed by atoms with E-state index in [9.17, 15) is 4.79 Å². The van der Waals surface area contributed by atoms with Gasteiger partial charge in [-0.15, -0.1) is 5.10 Å². The van der Waals surface area contributed by atoms with Gasteiger partial charge in [0, 0.05) is 19.5 Å². The average molecular weight is 301 g/mol. The summed E-state index contributed by atoms with van der Waals surface area (Å²) in [6, 6.07) is 3.66. The third-order valence-corrected chi connectivity index (χ3v) is 3.62. The molecule has 2 aromatic rings. The summed E-state index contributed by atoms with van der Waals surface area (Å²) >= 11 is 0. The van der Waals surface area contributed by atoms with Crippen LogP contribution in [0.25, 0.3) is 11.5 Å². The third-order valence-electron chi connectivity index (χ3n) is 3.62. The molecule has 7 nitrogen and oxygen atoms in total. The number of carbonyl (C=O) groups excluding carboxylic acids is 1. The lowest BCUT2D eigenvalue weighted by Gasteiger charge is -2.18. The van der Waals surface area contributed by atoms with Crippen LogP contribution in [0.1, 0.15) is 37.8 Å². The number of carbonyl (C=O) groups is 1. The summed E-state index contributed by atoms with van der Waals surface area (Å²) in [5.41, 5.74) is 1.40. The number of aryl methyl sites for hydroxylation is 1. The van der Waals surface area contributed by atoms with Crippen molar-refractivity contribution in [3.63, 3.8) is 0 Å². The number of hydrogen-bond donors (Lipinski definition) is 0. The summed E-state index contributed by atoms with van der Waals surface area (Å²) in [6.07, 6.45) is 0.425. The van der Waals surface area contributed by atoms with Crippen molar-refractivity contribution in [1.82, 2.24) is 25.2 Å². The fourth-order valence-electron chi connectivity index (χ4n) is 2.58. The second kappa shape index (κ2) is 5.82. The zero-order valence-corrected chi connectivity index (χ0v) is 13.0. The van der Waals surface area contributed by atoms with E-state index in [2.05, 4.69) is 34.2 Å². The molecule has 22 heavy (non-hydrogen) atoms. The van der Waals surface area contributed by atoms with Crippen molar-refractivity contribution in [2.75, 3.05) is 13.1 Å². The first kappa shape index (κ1) is 14.6. The Hall–Kier alpha value is -2.31. The molecule has 2 aromatic heterocycles. The number of amides is 1. The van der Waals surface area contributed by atoms with E-state index in [1.54, 1.807) is 0 Å². The van der Waals surface area contributed by atoms with Gasteiger partial charge in [-0.1, -0.05) is 19.0 Å². The quantitative estimate of drug-likeness (QED) is 0.856. The molecule has 0 spiro atoms. The number of hydrogen-bond acceptors (Lipinski definition) is 6. The van der Waals surface area contributed by atoms with E-state index >= 15 is 0 Å². The molecule has 3 heterocycles. The molecule has 0 bridgehead atoms. The Labute approximate surface area is 128 Å². The summed E-state index contributed by atoms with van der Waals surface area (Å²) in [6.45, 7) is 7.47. The molecule has 1 fully saturated rings. The van der Waals surface area contributed by atoms with Crippen LogP contribution in [0.5, 0.6) is 0 Å². The molecule has 1 aliphatic rings. The van der Waals surface area contributed by atoms with Crippen LogP contribution in [0.3, 0.4) is 0 Å². The first-order chi connectivity index (χ1) is 10.5. The van der Waals surface area contributed by atoms with E-state index in [1.807, 2.05) is 24.0 Å². The van der Waals surface area contributed by atoms with Crippen LogP contribution in [-0.4, -0.2) is 44.2 Å². The lowest BCUT2D eigenvalue weighted by Crippen LogP contribution is -2.29. The summed E-state index contributed by atoms with van der Waals surface area (Å²) in [4.78, 5) is 18.3. The van der Waals surface area contributed by atoms with Gasteiger partial charge in [-0.2, -0.15) is 10.1 Å². The summed E-state index contributed by atoms with van der Waals surface area (Å²) in [5, 5.41) is 12.0. The molecule has 0 radical (unpaired) electrons. The van der Waals surface area contributed by atoms with E-state index in [-0.39, 0.29) is 11.8 Å². The van der Waals surface area contributed by atoms with Gasteiger partial charge in [0.1, 0.15) is 5.69 Å². The van der Waals surface area contributed by atoms with Crippen LogP contribution in [0.15, 0.2) is 16.7 Å². The first-order valence-electron chi connectivity index (χ1n) is 7.45.